The van der Waals surface area contributed by atoms with Crippen molar-refractivity contribution in [3.63, 3.8) is 0 Å². The molecule has 38 heavy (non-hydrogen) atoms. The molecule has 0 saturated carbocycles. The molecule has 0 aliphatic heterocycles. The highest BCUT2D eigenvalue weighted by Crippen LogP contribution is 2.24. The molecule has 1 amide bonds. The molecule has 0 saturated heterocycles. The molecule has 9 nitrogen and oxygen atoms in total. The highest BCUT2D eigenvalue weighted by Gasteiger charge is 2.25. The standard InChI is InChI=1S/C28H29ClN4O5/c1-17(2)16-38-28(36)26(34)15-23(30-27(35)21-10-11-24-25(14-21)33(37)32-31-24)12-18-6-8-19(9-7-18)20-4-3-5-22(29)13-20/h3-11,13-14,17,23,26,34,37H,12,15-16H2,1-2H3,(H,30,35). The second kappa shape index (κ2) is 12.1. The van der Waals surface area contributed by atoms with Crippen molar-refractivity contribution in [2.24, 2.45) is 5.92 Å². The predicted molar refractivity (Wildman–Crippen MR) is 143 cm³/mol. The van der Waals surface area contributed by atoms with Crippen molar-refractivity contribution in [1.29, 1.82) is 0 Å². The molecular weight excluding hydrogens is 508 g/mol. The Morgan fingerprint density at radius 3 is 2.53 bits per heavy atom. The van der Waals surface area contributed by atoms with Gasteiger partial charge in [-0.15, -0.1) is 5.10 Å². The minimum atomic E-state index is -1.41. The zero-order chi connectivity index (χ0) is 27.2. The summed E-state index contributed by atoms with van der Waals surface area (Å²) in [5.74, 6) is -1.04. The van der Waals surface area contributed by atoms with Gasteiger partial charge in [-0.25, -0.2) is 4.79 Å². The topological polar surface area (TPSA) is 127 Å². The van der Waals surface area contributed by atoms with Crippen LogP contribution in [-0.2, 0) is 16.0 Å². The first-order chi connectivity index (χ1) is 18.2. The Hall–Kier alpha value is -3.95. The van der Waals surface area contributed by atoms with Gasteiger partial charge in [0.1, 0.15) is 11.0 Å². The molecule has 1 aromatic heterocycles. The van der Waals surface area contributed by atoms with Crippen LogP contribution in [-0.4, -0.2) is 56.1 Å². The zero-order valence-corrected chi connectivity index (χ0v) is 21.8. The third kappa shape index (κ3) is 6.87. The van der Waals surface area contributed by atoms with Crippen molar-refractivity contribution in [2.45, 2.75) is 38.8 Å². The van der Waals surface area contributed by atoms with Gasteiger partial charge in [-0.3, -0.25) is 4.79 Å². The first-order valence-electron chi connectivity index (χ1n) is 12.2. The Morgan fingerprint density at radius 2 is 1.82 bits per heavy atom. The maximum Gasteiger partial charge on any atom is 0.335 e. The molecule has 1 heterocycles. The Kier molecular flexibility index (Phi) is 8.60. The fourth-order valence-corrected chi connectivity index (χ4v) is 4.20. The van der Waals surface area contributed by atoms with E-state index < -0.39 is 24.0 Å². The Morgan fingerprint density at radius 1 is 1.05 bits per heavy atom. The van der Waals surface area contributed by atoms with Gasteiger partial charge in [0.15, 0.2) is 6.10 Å². The van der Waals surface area contributed by atoms with Gasteiger partial charge < -0.3 is 20.4 Å². The van der Waals surface area contributed by atoms with E-state index in [1.54, 1.807) is 12.1 Å². The molecule has 198 valence electrons. The van der Waals surface area contributed by atoms with E-state index in [1.807, 2.05) is 62.4 Å². The van der Waals surface area contributed by atoms with E-state index in [0.29, 0.717) is 21.8 Å². The maximum absolute atomic E-state index is 13.1. The molecular formula is C28H29ClN4O5. The van der Waals surface area contributed by atoms with Crippen LogP contribution in [0, 0.1) is 5.92 Å². The van der Waals surface area contributed by atoms with Gasteiger partial charge in [0.2, 0.25) is 0 Å². The molecule has 0 spiro atoms. The summed E-state index contributed by atoms with van der Waals surface area (Å²) in [6.07, 6.45) is -1.09. The van der Waals surface area contributed by atoms with Crippen molar-refractivity contribution >= 4 is 34.5 Å². The fraction of sp³-hybridized carbons (Fsp3) is 0.286. The molecule has 0 aliphatic rings. The van der Waals surface area contributed by atoms with Crippen LogP contribution in [0.2, 0.25) is 5.02 Å². The number of hydrogen-bond donors (Lipinski definition) is 3. The van der Waals surface area contributed by atoms with E-state index in [4.69, 9.17) is 16.3 Å². The molecule has 2 unspecified atom stereocenters. The fourth-order valence-electron chi connectivity index (χ4n) is 4.01. The Labute approximate surface area is 225 Å². The van der Waals surface area contributed by atoms with Crippen LogP contribution in [0.3, 0.4) is 0 Å². The van der Waals surface area contributed by atoms with Gasteiger partial charge in [0.05, 0.1) is 6.61 Å². The summed E-state index contributed by atoms with van der Waals surface area (Å²) in [6.45, 7) is 4.00. The molecule has 2 atom stereocenters. The number of nitrogens with one attached hydrogen (secondary N) is 1. The van der Waals surface area contributed by atoms with E-state index in [1.165, 1.54) is 6.07 Å². The van der Waals surface area contributed by atoms with Crippen molar-refractivity contribution < 1.29 is 24.6 Å². The average Bonchev–Trinajstić information content (AvgIpc) is 3.27. The van der Waals surface area contributed by atoms with Crippen LogP contribution in [0.15, 0.2) is 66.7 Å². The summed E-state index contributed by atoms with van der Waals surface area (Å²) in [4.78, 5) is 26.0. The highest BCUT2D eigenvalue weighted by atomic mass is 35.5. The first kappa shape index (κ1) is 27.1. The number of amides is 1. The van der Waals surface area contributed by atoms with E-state index in [2.05, 4.69) is 15.6 Å². The molecule has 0 radical (unpaired) electrons. The van der Waals surface area contributed by atoms with E-state index >= 15 is 0 Å². The van der Waals surface area contributed by atoms with Crippen molar-refractivity contribution in [1.82, 2.24) is 20.5 Å². The number of hydrogen-bond acceptors (Lipinski definition) is 7. The van der Waals surface area contributed by atoms with Crippen molar-refractivity contribution in [3.8, 4) is 11.1 Å². The molecule has 4 aromatic rings. The smallest absolute Gasteiger partial charge is 0.335 e. The minimum absolute atomic E-state index is 0.0412. The molecule has 3 N–H and O–H groups in total. The summed E-state index contributed by atoms with van der Waals surface area (Å²) in [5.41, 5.74) is 3.85. The first-order valence-corrected chi connectivity index (χ1v) is 12.6. The quantitative estimate of drug-likeness (QED) is 0.204. The number of carbonyl (C=O) groups is 2. The summed E-state index contributed by atoms with van der Waals surface area (Å²) < 4.78 is 5.18. The van der Waals surface area contributed by atoms with Crippen LogP contribution >= 0.6 is 11.6 Å². The number of aliphatic hydroxyl groups is 1. The summed E-state index contributed by atoms with van der Waals surface area (Å²) in [5, 5.41) is 31.2. The lowest BCUT2D eigenvalue weighted by molar-refractivity contribution is -0.155. The minimum Gasteiger partial charge on any atom is -0.464 e. The summed E-state index contributed by atoms with van der Waals surface area (Å²) in [7, 11) is 0. The van der Waals surface area contributed by atoms with Crippen LogP contribution in [0.4, 0.5) is 0 Å². The largest absolute Gasteiger partial charge is 0.464 e. The normalized spacial score (nSPS) is 12.9. The number of aliphatic hydroxyl groups excluding tert-OH is 1. The second-order valence-electron chi connectivity index (χ2n) is 9.54. The number of rotatable bonds is 10. The van der Waals surface area contributed by atoms with E-state index in [-0.39, 0.29) is 30.0 Å². The predicted octanol–water partition coefficient (Wildman–Crippen LogP) is 4.28. The van der Waals surface area contributed by atoms with Crippen LogP contribution < -0.4 is 5.32 Å². The van der Waals surface area contributed by atoms with Crippen LogP contribution in [0.25, 0.3) is 22.2 Å². The Bertz CT molecular complexity index is 1420. The molecule has 4 rings (SSSR count). The number of benzene rings is 3. The number of fused-ring (bicyclic) bond motifs is 1. The van der Waals surface area contributed by atoms with Gasteiger partial charge in [0, 0.05) is 23.0 Å². The lowest BCUT2D eigenvalue weighted by Gasteiger charge is -2.22. The maximum atomic E-state index is 13.1. The van der Waals surface area contributed by atoms with E-state index in [0.717, 1.165) is 16.7 Å². The van der Waals surface area contributed by atoms with Crippen LogP contribution in [0.5, 0.6) is 0 Å². The molecule has 0 bridgehead atoms. The lowest BCUT2D eigenvalue weighted by atomic mass is 9.97. The molecule has 0 fully saturated rings. The van der Waals surface area contributed by atoms with Gasteiger partial charge in [-0.2, -0.15) is 0 Å². The Balaban J connectivity index is 1.51. The number of carbonyl (C=O) groups excluding carboxylic acids is 2. The van der Waals surface area contributed by atoms with Gasteiger partial charge >= 0.3 is 5.97 Å². The average molecular weight is 537 g/mol. The third-order valence-electron chi connectivity index (χ3n) is 5.96. The highest BCUT2D eigenvalue weighted by molar-refractivity contribution is 6.30. The SMILES string of the molecule is CC(C)COC(=O)C(O)CC(Cc1ccc(-c2cccc(Cl)c2)cc1)NC(=O)c1ccc2nnn(O)c2c1. The number of halogens is 1. The van der Waals surface area contributed by atoms with E-state index in [9.17, 15) is 19.9 Å². The molecule has 0 aliphatic carbocycles. The van der Waals surface area contributed by atoms with Gasteiger partial charge in [-0.05, 0) is 64.6 Å². The van der Waals surface area contributed by atoms with Crippen LogP contribution in [0.1, 0.15) is 36.2 Å². The second-order valence-corrected chi connectivity index (χ2v) is 9.98. The van der Waals surface area contributed by atoms with Crippen molar-refractivity contribution in [2.75, 3.05) is 6.61 Å². The third-order valence-corrected chi connectivity index (χ3v) is 6.19. The number of esters is 1. The molecule has 10 heteroatoms. The lowest BCUT2D eigenvalue weighted by Crippen LogP contribution is -2.41. The van der Waals surface area contributed by atoms with Gasteiger partial charge in [-0.1, -0.05) is 66.7 Å². The number of aromatic nitrogens is 3. The number of ether oxygens (including phenoxy) is 1. The zero-order valence-electron chi connectivity index (χ0n) is 21.0. The summed E-state index contributed by atoms with van der Waals surface area (Å²) in [6, 6.07) is 19.3. The van der Waals surface area contributed by atoms with Crippen molar-refractivity contribution in [3.05, 3.63) is 82.9 Å². The summed E-state index contributed by atoms with van der Waals surface area (Å²) >= 11 is 6.12. The van der Waals surface area contributed by atoms with Gasteiger partial charge in [0.25, 0.3) is 5.91 Å². The monoisotopic (exact) mass is 536 g/mol. The number of nitrogens with zero attached hydrogens (tertiary/aromatic N) is 3. The molecule has 3 aromatic carbocycles.